The predicted octanol–water partition coefficient (Wildman–Crippen LogP) is -2.01. The number of hydrogen-bond acceptors (Lipinski definition) is 17. The van der Waals surface area contributed by atoms with Gasteiger partial charge < -0.3 is 62.3 Å². The van der Waals surface area contributed by atoms with Crippen molar-refractivity contribution in [3.63, 3.8) is 0 Å². The fourth-order valence-corrected chi connectivity index (χ4v) is 12.4. The van der Waals surface area contributed by atoms with E-state index in [4.69, 9.17) is 10.5 Å². The molecule has 2 saturated heterocycles. The van der Waals surface area contributed by atoms with E-state index in [0.717, 1.165) is 11.3 Å². The summed E-state index contributed by atoms with van der Waals surface area (Å²) in [7, 11) is -2.35. The number of unbranched alkanes of at least 4 members (excludes halogenated alkanes) is 3. The number of Topliss-reactive ketones (excluding diaryl/α,β-unsaturated/α-hetero) is 2. The molecule has 6 rings (SSSR count). The average molecular weight is 1140 g/mol. The molecular formula is C52H73N9O16S2. The SMILES string of the molecule is CC[C@H](C)[C@@H]1NC(=O)CNC(=O)[C@@H]2Cc3c([nH]c4cc(OCCCCCCN5C(=O)CC(SC)C5=O)ccc34)S(=O)C[C@H](NC(=O)CNC1=O)C(=O)C[C@@H](CC(N)=O)C(=O)N1C[C@H](O)C[C@H]1C(=O)C[C@@H]([C@@H](C)[C@@H](O)CO)C(=O)N2. The molecule has 27 heteroatoms. The number of likely N-dealkylation sites (tertiary alicyclic amines) is 1. The van der Waals surface area contributed by atoms with E-state index in [2.05, 4.69) is 31.6 Å². The third-order valence-electron chi connectivity index (χ3n) is 15.2. The van der Waals surface area contributed by atoms with Crippen LogP contribution >= 0.6 is 11.8 Å². The maximum atomic E-state index is 15.0. The topological polar surface area (TPSA) is 383 Å². The molecule has 4 aliphatic rings. The molecular weight excluding hydrogens is 1070 g/mol. The molecule has 434 valence electrons. The van der Waals surface area contributed by atoms with Crippen LogP contribution in [0.3, 0.4) is 0 Å². The number of aromatic nitrogens is 1. The van der Waals surface area contributed by atoms with Crippen LogP contribution in [0.4, 0.5) is 0 Å². The Morgan fingerprint density at radius 3 is 2.23 bits per heavy atom. The number of aromatic amines is 1. The Hall–Kier alpha value is -6.29. The van der Waals surface area contributed by atoms with Crippen LogP contribution in [0.15, 0.2) is 23.2 Å². The number of benzene rings is 1. The molecule has 1 aromatic carbocycles. The smallest absolute Gasteiger partial charge is 0.243 e. The Morgan fingerprint density at radius 2 is 1.56 bits per heavy atom. The largest absolute Gasteiger partial charge is 0.494 e. The molecule has 5 heterocycles. The summed E-state index contributed by atoms with van der Waals surface area (Å²) in [4.78, 5) is 157. The molecule has 2 unspecified atom stereocenters. The number of aliphatic hydroxyl groups is 3. The standard InChI is InChI=1S/C52H73N9O16S2/c1-5-26(2)46-49(73)55-21-43(68)56-36-25-79(76)50-33(31-11-10-30(17-34(31)58-50)77-13-9-7-6-8-12-60-45(70)20-41(78-4)52(60)75)18-35(48(72)54-22-44(69)59-46)57-47(71)32(27(3)40(66)24-62)19-39(65)37-16-29(63)23-61(37)51(74)28(14-38(36)64)15-42(53)67/h10-11,17,26-29,32,35-37,40-41,46,58,62-63,66H,5-9,12-16,18-25H2,1-4H3,(H2,53,67)(H,54,72)(H,55,73)(H,56,68)(H,57,71)(H,59,69)/t26-,27+,28-,29+,32-,35-,36-,37-,40-,41?,46-,79?/m0/s1. The van der Waals surface area contributed by atoms with Gasteiger partial charge in [0.15, 0.2) is 11.6 Å². The quantitative estimate of drug-likeness (QED) is 0.0641. The minimum absolute atomic E-state index is 0.0933. The van der Waals surface area contributed by atoms with Crippen molar-refractivity contribution in [3.05, 3.63) is 23.8 Å². The van der Waals surface area contributed by atoms with E-state index in [1.54, 1.807) is 38.3 Å². The van der Waals surface area contributed by atoms with Crippen LogP contribution in [-0.4, -0.2) is 192 Å². The number of ether oxygens (including phenoxy) is 1. The minimum atomic E-state index is -2.35. The number of H-pyrrole nitrogens is 1. The van der Waals surface area contributed by atoms with Crippen molar-refractivity contribution in [3.8, 4) is 5.75 Å². The molecule has 4 aliphatic heterocycles. The van der Waals surface area contributed by atoms with Gasteiger partial charge >= 0.3 is 0 Å². The van der Waals surface area contributed by atoms with E-state index >= 15 is 4.21 Å². The summed E-state index contributed by atoms with van der Waals surface area (Å²) in [5.41, 5.74) is 6.07. The zero-order valence-electron chi connectivity index (χ0n) is 44.7. The molecule has 2 fully saturated rings. The highest BCUT2D eigenvalue weighted by Crippen LogP contribution is 2.33. The lowest BCUT2D eigenvalue weighted by Crippen LogP contribution is -2.56. The highest BCUT2D eigenvalue weighted by Gasteiger charge is 2.45. The van der Waals surface area contributed by atoms with Gasteiger partial charge in [-0.3, -0.25) is 61.8 Å². The zero-order chi connectivity index (χ0) is 57.8. The molecule has 11 N–H and O–H groups in total. The maximum absolute atomic E-state index is 15.0. The monoisotopic (exact) mass is 1140 g/mol. The summed E-state index contributed by atoms with van der Waals surface area (Å²) in [6, 6.07) is -1.23. The molecule has 9 amide bonds. The highest BCUT2D eigenvalue weighted by molar-refractivity contribution is 8.00. The number of nitrogens with one attached hydrogen (secondary N) is 6. The summed E-state index contributed by atoms with van der Waals surface area (Å²) in [5, 5.41) is 44.4. The van der Waals surface area contributed by atoms with Gasteiger partial charge in [0.05, 0.1) is 83.8 Å². The predicted molar refractivity (Wildman–Crippen MR) is 286 cm³/mol. The van der Waals surface area contributed by atoms with Gasteiger partial charge in [-0.05, 0) is 48.6 Å². The van der Waals surface area contributed by atoms with Crippen molar-refractivity contribution in [1.29, 1.82) is 0 Å². The summed E-state index contributed by atoms with van der Waals surface area (Å²) in [6.45, 7) is 2.60. The van der Waals surface area contributed by atoms with Gasteiger partial charge in [-0.2, -0.15) is 11.8 Å². The molecule has 12 atom stereocenters. The molecule has 79 heavy (non-hydrogen) atoms. The Kier molecular flexibility index (Phi) is 22.1. The van der Waals surface area contributed by atoms with Crippen LogP contribution in [0.25, 0.3) is 10.9 Å². The molecule has 25 nitrogen and oxygen atoms in total. The number of nitrogens with two attached hydrogens (primary N) is 1. The van der Waals surface area contributed by atoms with Crippen molar-refractivity contribution in [2.24, 2.45) is 29.4 Å². The first-order chi connectivity index (χ1) is 37.5. The molecule has 2 bridgehead atoms. The third-order valence-corrected chi connectivity index (χ3v) is 17.6. The lowest BCUT2D eigenvalue weighted by atomic mass is 9.83. The van der Waals surface area contributed by atoms with Gasteiger partial charge in [-0.25, -0.2) is 0 Å². The third kappa shape index (κ3) is 15.8. The summed E-state index contributed by atoms with van der Waals surface area (Å²) in [6.07, 6.45) is -0.962. The van der Waals surface area contributed by atoms with E-state index in [1.165, 1.54) is 23.6 Å². The van der Waals surface area contributed by atoms with Crippen LogP contribution in [0, 0.1) is 23.7 Å². The van der Waals surface area contributed by atoms with E-state index < -0.39 is 181 Å². The van der Waals surface area contributed by atoms with Crippen molar-refractivity contribution < 1.29 is 77.0 Å². The van der Waals surface area contributed by atoms with Gasteiger partial charge in [0, 0.05) is 69.0 Å². The van der Waals surface area contributed by atoms with Crippen LogP contribution in [0.2, 0.25) is 0 Å². The summed E-state index contributed by atoms with van der Waals surface area (Å²) < 4.78 is 21.1. The van der Waals surface area contributed by atoms with Crippen LogP contribution in [0.5, 0.6) is 5.75 Å². The second-order valence-electron chi connectivity index (χ2n) is 20.8. The van der Waals surface area contributed by atoms with E-state index in [-0.39, 0.29) is 47.1 Å². The van der Waals surface area contributed by atoms with E-state index in [1.807, 2.05) is 0 Å². The molecule has 1 aromatic heterocycles. The Morgan fingerprint density at radius 1 is 0.861 bits per heavy atom. The first-order valence-corrected chi connectivity index (χ1v) is 29.2. The number of thioether (sulfide) groups is 1. The van der Waals surface area contributed by atoms with Gasteiger partial charge in [0.25, 0.3) is 0 Å². The van der Waals surface area contributed by atoms with Crippen LogP contribution in [0.1, 0.15) is 90.5 Å². The maximum Gasteiger partial charge on any atom is 0.243 e. The summed E-state index contributed by atoms with van der Waals surface area (Å²) in [5.74, 6) is -13.7. The summed E-state index contributed by atoms with van der Waals surface area (Å²) >= 11 is 1.35. The normalized spacial score (nSPS) is 27.6. The Balaban J connectivity index is 1.42. The number of hydrogen-bond donors (Lipinski definition) is 10. The Labute approximate surface area is 463 Å². The number of aliphatic hydroxyl groups excluding tert-OH is 3. The minimum Gasteiger partial charge on any atom is -0.494 e. The Bertz CT molecular complexity index is 2690. The number of rotatable bonds is 16. The highest BCUT2D eigenvalue weighted by atomic mass is 32.2. The molecule has 2 aromatic rings. The van der Waals surface area contributed by atoms with E-state index in [9.17, 15) is 68.1 Å². The number of carbonyl (C=O) groups excluding carboxylic acids is 11. The average Bonchev–Trinajstić information content (AvgIpc) is 4.11. The van der Waals surface area contributed by atoms with Crippen molar-refractivity contribution in [2.75, 3.05) is 51.4 Å². The number of nitrogens with zero attached hydrogens (tertiary/aromatic N) is 2. The second kappa shape index (κ2) is 28.2. The van der Waals surface area contributed by atoms with Crippen LogP contribution < -0.4 is 37.1 Å². The fraction of sp³-hybridized carbons (Fsp3) is 0.635. The second-order valence-corrected chi connectivity index (χ2v) is 23.3. The van der Waals surface area contributed by atoms with Crippen molar-refractivity contribution in [1.82, 2.24) is 41.4 Å². The molecule has 0 aliphatic carbocycles. The van der Waals surface area contributed by atoms with Gasteiger partial charge in [0.1, 0.15) is 22.9 Å². The molecule has 0 radical (unpaired) electrons. The molecule has 0 spiro atoms. The van der Waals surface area contributed by atoms with Crippen molar-refractivity contribution >= 4 is 98.2 Å². The number of amides is 9. The lowest BCUT2D eigenvalue weighted by Gasteiger charge is -2.31. The molecule has 0 saturated carbocycles. The number of carbonyl (C=O) groups is 11. The van der Waals surface area contributed by atoms with Crippen molar-refractivity contribution in [2.45, 2.75) is 138 Å². The lowest BCUT2D eigenvalue weighted by molar-refractivity contribution is -0.145. The van der Waals surface area contributed by atoms with Gasteiger partial charge in [-0.1, -0.05) is 40.0 Å². The van der Waals surface area contributed by atoms with Gasteiger partial charge in [0.2, 0.25) is 53.2 Å². The van der Waals surface area contributed by atoms with Crippen LogP contribution in [-0.2, 0) is 70.0 Å². The fourth-order valence-electron chi connectivity index (χ4n) is 10.3. The number of ketones is 2. The first-order valence-electron chi connectivity index (χ1n) is 26.6. The zero-order valence-corrected chi connectivity index (χ0v) is 46.4. The van der Waals surface area contributed by atoms with E-state index in [0.29, 0.717) is 48.9 Å². The number of imide groups is 1. The van der Waals surface area contributed by atoms with Gasteiger partial charge in [-0.15, -0.1) is 0 Å². The first kappa shape index (κ1) is 61.9. The number of primary amides is 1. The number of fused-ring (bicyclic) bond motifs is 5.